The van der Waals surface area contributed by atoms with Gasteiger partial charge in [-0.05, 0) is 31.9 Å². The molecule has 0 bridgehead atoms. The minimum Gasteiger partial charge on any atom is -0.329 e. The van der Waals surface area contributed by atoms with Crippen molar-refractivity contribution in [2.75, 3.05) is 13.1 Å². The van der Waals surface area contributed by atoms with Gasteiger partial charge < -0.3 is 9.88 Å². The number of fused-ring (bicyclic) bond motifs is 1. The molecule has 2 aromatic heterocycles. The fraction of sp³-hybridized carbons (Fsp3) is 0.571. The van der Waals surface area contributed by atoms with E-state index in [1.165, 1.54) is 18.7 Å². The SMILES string of the molecule is CCC1(c2nc3ccncc3n2C)CCCNC1. The van der Waals surface area contributed by atoms with Gasteiger partial charge in [0.05, 0.1) is 17.2 Å². The number of aromatic nitrogens is 3. The molecule has 1 atom stereocenters. The average Bonchev–Trinajstić information content (AvgIpc) is 2.78. The maximum Gasteiger partial charge on any atom is 0.117 e. The Hall–Kier alpha value is -1.42. The van der Waals surface area contributed by atoms with Crippen LogP contribution in [0.5, 0.6) is 0 Å². The summed E-state index contributed by atoms with van der Waals surface area (Å²) in [5, 5.41) is 3.53. The van der Waals surface area contributed by atoms with Crippen LogP contribution >= 0.6 is 0 Å². The summed E-state index contributed by atoms with van der Waals surface area (Å²) in [7, 11) is 2.11. The summed E-state index contributed by atoms with van der Waals surface area (Å²) < 4.78 is 2.22. The van der Waals surface area contributed by atoms with E-state index < -0.39 is 0 Å². The van der Waals surface area contributed by atoms with Gasteiger partial charge in [-0.25, -0.2) is 4.98 Å². The highest BCUT2D eigenvalue weighted by Crippen LogP contribution is 2.34. The van der Waals surface area contributed by atoms with Crippen molar-refractivity contribution in [3.8, 4) is 0 Å². The van der Waals surface area contributed by atoms with Gasteiger partial charge in [0, 0.05) is 25.2 Å². The molecule has 1 aliphatic heterocycles. The highest BCUT2D eigenvalue weighted by atomic mass is 15.1. The summed E-state index contributed by atoms with van der Waals surface area (Å²) in [6.07, 6.45) is 7.31. The van der Waals surface area contributed by atoms with Crippen molar-refractivity contribution < 1.29 is 0 Å². The molecule has 1 fully saturated rings. The van der Waals surface area contributed by atoms with Gasteiger partial charge in [0.2, 0.25) is 0 Å². The van der Waals surface area contributed by atoms with E-state index in [9.17, 15) is 0 Å². The van der Waals surface area contributed by atoms with Crippen molar-refractivity contribution in [1.82, 2.24) is 19.9 Å². The molecule has 0 spiro atoms. The Morgan fingerprint density at radius 2 is 2.39 bits per heavy atom. The summed E-state index contributed by atoms with van der Waals surface area (Å²) in [6, 6.07) is 2.00. The Morgan fingerprint density at radius 3 is 3.06 bits per heavy atom. The maximum atomic E-state index is 4.86. The number of hydrogen-bond acceptors (Lipinski definition) is 3. The monoisotopic (exact) mass is 244 g/mol. The van der Waals surface area contributed by atoms with E-state index in [0.29, 0.717) is 0 Å². The molecule has 0 aromatic carbocycles. The normalized spacial score (nSPS) is 24.6. The van der Waals surface area contributed by atoms with Gasteiger partial charge in [-0.1, -0.05) is 6.92 Å². The van der Waals surface area contributed by atoms with E-state index in [1.54, 1.807) is 0 Å². The van der Waals surface area contributed by atoms with Crippen LogP contribution in [0.2, 0.25) is 0 Å². The zero-order valence-corrected chi connectivity index (χ0v) is 11.1. The summed E-state index contributed by atoms with van der Waals surface area (Å²) in [4.78, 5) is 9.07. The van der Waals surface area contributed by atoms with E-state index >= 15 is 0 Å². The Kier molecular flexibility index (Phi) is 2.82. The van der Waals surface area contributed by atoms with Crippen LogP contribution in [0.1, 0.15) is 32.0 Å². The lowest BCUT2D eigenvalue weighted by Crippen LogP contribution is -2.44. The van der Waals surface area contributed by atoms with Crippen molar-refractivity contribution >= 4 is 11.0 Å². The number of piperidine rings is 1. The molecule has 96 valence electrons. The number of rotatable bonds is 2. The Balaban J connectivity index is 2.14. The first kappa shape index (κ1) is 11.7. The second kappa shape index (κ2) is 4.35. The summed E-state index contributed by atoms with van der Waals surface area (Å²) in [5.41, 5.74) is 2.37. The van der Waals surface area contributed by atoms with E-state index in [-0.39, 0.29) is 5.41 Å². The minimum atomic E-state index is 0.187. The highest BCUT2D eigenvalue weighted by molar-refractivity contribution is 5.74. The van der Waals surface area contributed by atoms with E-state index in [4.69, 9.17) is 4.98 Å². The fourth-order valence-electron chi connectivity index (χ4n) is 3.13. The lowest BCUT2D eigenvalue weighted by molar-refractivity contribution is 0.283. The molecule has 1 aliphatic rings. The van der Waals surface area contributed by atoms with Crippen LogP contribution in [0.4, 0.5) is 0 Å². The zero-order chi connectivity index (χ0) is 12.6. The van der Waals surface area contributed by atoms with Crippen LogP contribution in [0.3, 0.4) is 0 Å². The second-order valence-electron chi connectivity index (χ2n) is 5.27. The molecule has 0 aliphatic carbocycles. The van der Waals surface area contributed by atoms with Crippen LogP contribution in [0.15, 0.2) is 18.5 Å². The van der Waals surface area contributed by atoms with Crippen molar-refractivity contribution in [3.05, 3.63) is 24.3 Å². The summed E-state index contributed by atoms with van der Waals surface area (Å²) in [5.74, 6) is 1.21. The van der Waals surface area contributed by atoms with E-state index in [0.717, 1.165) is 30.5 Å². The molecule has 2 aromatic rings. The molecule has 1 saturated heterocycles. The lowest BCUT2D eigenvalue weighted by Gasteiger charge is -2.36. The second-order valence-corrected chi connectivity index (χ2v) is 5.27. The van der Waals surface area contributed by atoms with Crippen LogP contribution in [0.25, 0.3) is 11.0 Å². The predicted molar refractivity (Wildman–Crippen MR) is 72.6 cm³/mol. The third-order valence-electron chi connectivity index (χ3n) is 4.31. The van der Waals surface area contributed by atoms with Gasteiger partial charge >= 0.3 is 0 Å². The molecule has 4 heteroatoms. The summed E-state index contributed by atoms with van der Waals surface area (Å²) >= 11 is 0. The minimum absolute atomic E-state index is 0.187. The molecule has 1 N–H and O–H groups in total. The first-order valence-electron chi connectivity index (χ1n) is 6.74. The van der Waals surface area contributed by atoms with Gasteiger partial charge in [0.1, 0.15) is 5.82 Å². The Morgan fingerprint density at radius 1 is 1.50 bits per heavy atom. The van der Waals surface area contributed by atoms with Crippen molar-refractivity contribution in [2.45, 2.75) is 31.6 Å². The third kappa shape index (κ3) is 1.63. The van der Waals surface area contributed by atoms with Crippen molar-refractivity contribution in [3.63, 3.8) is 0 Å². The molecule has 3 heterocycles. The molecule has 1 unspecified atom stereocenters. The number of nitrogens with zero attached hydrogens (tertiary/aromatic N) is 3. The smallest absolute Gasteiger partial charge is 0.117 e. The predicted octanol–water partition coefficient (Wildman–Crippen LogP) is 2.00. The molecule has 0 saturated carbocycles. The van der Waals surface area contributed by atoms with Gasteiger partial charge in [-0.15, -0.1) is 0 Å². The number of imidazole rings is 1. The molecule has 4 nitrogen and oxygen atoms in total. The number of aryl methyl sites for hydroxylation is 1. The molecule has 18 heavy (non-hydrogen) atoms. The van der Waals surface area contributed by atoms with Gasteiger partial charge in [-0.3, -0.25) is 4.98 Å². The zero-order valence-electron chi connectivity index (χ0n) is 11.1. The lowest BCUT2D eigenvalue weighted by atomic mass is 9.77. The molecular weight excluding hydrogens is 224 g/mol. The topological polar surface area (TPSA) is 42.7 Å². The van der Waals surface area contributed by atoms with E-state index in [2.05, 4.69) is 28.8 Å². The molecule has 3 rings (SSSR count). The first-order valence-corrected chi connectivity index (χ1v) is 6.74. The number of nitrogens with one attached hydrogen (secondary N) is 1. The molecule has 0 amide bonds. The largest absolute Gasteiger partial charge is 0.329 e. The van der Waals surface area contributed by atoms with Crippen LogP contribution in [-0.2, 0) is 12.5 Å². The third-order valence-corrected chi connectivity index (χ3v) is 4.31. The number of pyridine rings is 1. The van der Waals surface area contributed by atoms with Crippen LogP contribution in [-0.4, -0.2) is 27.6 Å². The Labute approximate surface area is 107 Å². The first-order chi connectivity index (χ1) is 8.77. The van der Waals surface area contributed by atoms with Crippen molar-refractivity contribution in [2.24, 2.45) is 7.05 Å². The fourth-order valence-corrected chi connectivity index (χ4v) is 3.13. The summed E-state index contributed by atoms with van der Waals surface area (Å²) in [6.45, 7) is 4.44. The van der Waals surface area contributed by atoms with Crippen LogP contribution in [0, 0.1) is 0 Å². The standard InChI is InChI=1S/C14H20N4/c1-3-14(6-4-7-16-10-14)13-17-11-5-8-15-9-12(11)18(13)2/h5,8-9,16H,3-4,6-7,10H2,1-2H3. The van der Waals surface area contributed by atoms with E-state index in [1.807, 2.05) is 18.5 Å². The average molecular weight is 244 g/mol. The quantitative estimate of drug-likeness (QED) is 0.878. The van der Waals surface area contributed by atoms with Gasteiger partial charge in [-0.2, -0.15) is 0 Å². The number of hydrogen-bond donors (Lipinski definition) is 1. The highest BCUT2D eigenvalue weighted by Gasteiger charge is 2.36. The Bertz CT molecular complexity index is 552. The van der Waals surface area contributed by atoms with Crippen LogP contribution < -0.4 is 5.32 Å². The maximum absolute atomic E-state index is 4.86. The van der Waals surface area contributed by atoms with Gasteiger partial charge in [0.15, 0.2) is 0 Å². The molecular formula is C14H20N4. The van der Waals surface area contributed by atoms with Gasteiger partial charge in [0.25, 0.3) is 0 Å². The van der Waals surface area contributed by atoms with Crippen molar-refractivity contribution in [1.29, 1.82) is 0 Å². The molecule has 0 radical (unpaired) electrons.